The molecular formula is C17H22N2O. The molecule has 3 nitrogen and oxygen atoms in total. The minimum Gasteiger partial charge on any atom is -0.326 e. The van der Waals surface area contributed by atoms with Gasteiger partial charge in [0.1, 0.15) is 0 Å². The van der Waals surface area contributed by atoms with Crippen molar-refractivity contribution in [2.24, 2.45) is 17.8 Å². The van der Waals surface area contributed by atoms with Crippen molar-refractivity contribution in [2.45, 2.75) is 26.3 Å². The summed E-state index contributed by atoms with van der Waals surface area (Å²) in [5.74, 6) is 1.45. The average Bonchev–Trinajstić information content (AvgIpc) is 3.08. The topological polar surface area (TPSA) is 41.1 Å². The molecule has 106 valence electrons. The Balaban J connectivity index is 1.62. The van der Waals surface area contributed by atoms with Gasteiger partial charge in [0.05, 0.1) is 0 Å². The molecule has 2 bridgehead atoms. The summed E-state index contributed by atoms with van der Waals surface area (Å²) < 4.78 is 0. The maximum absolute atomic E-state index is 12.4. The standard InChI is InChI=1S/C17H22N2O/c1-2-18-11-13-4-3-5-15(9-13)19-17(20)16-10-12-6-7-14(16)8-12/h3-7,9,12,14,16,18H,2,8,10-11H2,1H3,(H,19,20). The molecule has 1 fully saturated rings. The Morgan fingerprint density at radius 1 is 1.30 bits per heavy atom. The number of nitrogens with one attached hydrogen (secondary N) is 2. The number of carbonyl (C=O) groups is 1. The molecule has 3 heteroatoms. The van der Waals surface area contributed by atoms with E-state index in [0.29, 0.717) is 11.8 Å². The summed E-state index contributed by atoms with van der Waals surface area (Å²) in [7, 11) is 0. The van der Waals surface area contributed by atoms with Crippen molar-refractivity contribution in [3.63, 3.8) is 0 Å². The molecule has 0 spiro atoms. The second-order valence-corrected chi connectivity index (χ2v) is 5.86. The average molecular weight is 270 g/mol. The highest BCUT2D eigenvalue weighted by Crippen LogP contribution is 2.43. The molecule has 0 aliphatic heterocycles. The Hall–Kier alpha value is -1.61. The minimum atomic E-state index is 0.169. The highest BCUT2D eigenvalue weighted by molar-refractivity contribution is 5.93. The first-order chi connectivity index (χ1) is 9.76. The first-order valence-electron chi connectivity index (χ1n) is 7.55. The molecule has 2 aliphatic carbocycles. The van der Waals surface area contributed by atoms with Crippen LogP contribution in [0, 0.1) is 17.8 Å². The van der Waals surface area contributed by atoms with E-state index in [0.717, 1.165) is 25.2 Å². The van der Waals surface area contributed by atoms with Gasteiger partial charge in [0, 0.05) is 18.2 Å². The monoisotopic (exact) mass is 270 g/mol. The Labute approximate surface area is 120 Å². The van der Waals surface area contributed by atoms with Crippen molar-refractivity contribution >= 4 is 11.6 Å². The normalized spacial score (nSPS) is 26.9. The van der Waals surface area contributed by atoms with Gasteiger partial charge in [-0.3, -0.25) is 4.79 Å². The molecule has 3 unspecified atom stereocenters. The van der Waals surface area contributed by atoms with Gasteiger partial charge in [0.2, 0.25) is 5.91 Å². The zero-order chi connectivity index (χ0) is 13.9. The molecule has 0 saturated heterocycles. The van der Waals surface area contributed by atoms with Crippen LogP contribution in [-0.4, -0.2) is 12.5 Å². The van der Waals surface area contributed by atoms with Crippen LogP contribution in [0.15, 0.2) is 36.4 Å². The number of allylic oxidation sites excluding steroid dienone is 2. The van der Waals surface area contributed by atoms with E-state index in [9.17, 15) is 4.79 Å². The fourth-order valence-electron chi connectivity index (χ4n) is 3.35. The van der Waals surface area contributed by atoms with Crippen molar-refractivity contribution in [3.05, 3.63) is 42.0 Å². The lowest BCUT2D eigenvalue weighted by Gasteiger charge is -2.17. The van der Waals surface area contributed by atoms with E-state index in [-0.39, 0.29) is 11.8 Å². The first kappa shape index (κ1) is 13.4. The third kappa shape index (κ3) is 2.78. The van der Waals surface area contributed by atoms with E-state index in [1.54, 1.807) is 0 Å². The third-order valence-electron chi connectivity index (χ3n) is 4.39. The molecule has 1 amide bonds. The highest BCUT2D eigenvalue weighted by Gasteiger charge is 2.39. The van der Waals surface area contributed by atoms with E-state index in [2.05, 4.69) is 41.8 Å². The number of anilines is 1. The van der Waals surface area contributed by atoms with E-state index in [4.69, 9.17) is 0 Å². The first-order valence-corrected chi connectivity index (χ1v) is 7.55. The zero-order valence-electron chi connectivity index (χ0n) is 11.9. The van der Waals surface area contributed by atoms with E-state index in [1.807, 2.05) is 12.1 Å². The number of hydrogen-bond donors (Lipinski definition) is 2. The molecule has 2 N–H and O–H groups in total. The number of hydrogen-bond acceptors (Lipinski definition) is 2. The van der Waals surface area contributed by atoms with Crippen molar-refractivity contribution in [3.8, 4) is 0 Å². The maximum Gasteiger partial charge on any atom is 0.228 e. The lowest BCUT2D eigenvalue weighted by molar-refractivity contribution is -0.120. The van der Waals surface area contributed by atoms with Crippen LogP contribution in [0.4, 0.5) is 5.69 Å². The van der Waals surface area contributed by atoms with Gasteiger partial charge in [0.25, 0.3) is 0 Å². The summed E-state index contributed by atoms with van der Waals surface area (Å²) in [5, 5.41) is 6.39. The summed E-state index contributed by atoms with van der Waals surface area (Å²) in [5.41, 5.74) is 2.12. The molecule has 2 aliphatic rings. The minimum absolute atomic E-state index is 0.169. The van der Waals surface area contributed by atoms with Crippen LogP contribution in [0.2, 0.25) is 0 Å². The van der Waals surface area contributed by atoms with Gasteiger partial charge in [0.15, 0.2) is 0 Å². The van der Waals surface area contributed by atoms with Gasteiger partial charge in [-0.2, -0.15) is 0 Å². The summed E-state index contributed by atoms with van der Waals surface area (Å²) in [6.07, 6.45) is 6.67. The van der Waals surface area contributed by atoms with Crippen LogP contribution in [0.25, 0.3) is 0 Å². The Morgan fingerprint density at radius 2 is 2.20 bits per heavy atom. The second-order valence-electron chi connectivity index (χ2n) is 5.86. The Kier molecular flexibility index (Phi) is 3.88. The third-order valence-corrected chi connectivity index (χ3v) is 4.39. The molecular weight excluding hydrogens is 248 g/mol. The van der Waals surface area contributed by atoms with Crippen molar-refractivity contribution in [2.75, 3.05) is 11.9 Å². The fourth-order valence-corrected chi connectivity index (χ4v) is 3.35. The van der Waals surface area contributed by atoms with Crippen LogP contribution in [-0.2, 0) is 11.3 Å². The lowest BCUT2D eigenvalue weighted by Crippen LogP contribution is -2.26. The van der Waals surface area contributed by atoms with Gasteiger partial charge in [-0.05, 0) is 48.9 Å². The number of rotatable bonds is 5. The van der Waals surface area contributed by atoms with E-state index in [1.165, 1.54) is 12.0 Å². The Morgan fingerprint density at radius 3 is 2.90 bits per heavy atom. The Bertz CT molecular complexity index is 523. The summed E-state index contributed by atoms with van der Waals surface area (Å²) in [6, 6.07) is 8.11. The van der Waals surface area contributed by atoms with Gasteiger partial charge in [-0.1, -0.05) is 31.2 Å². The van der Waals surface area contributed by atoms with Crippen LogP contribution >= 0.6 is 0 Å². The van der Waals surface area contributed by atoms with Crippen LogP contribution < -0.4 is 10.6 Å². The quantitative estimate of drug-likeness (QED) is 0.808. The van der Waals surface area contributed by atoms with Crippen LogP contribution in [0.5, 0.6) is 0 Å². The molecule has 3 atom stereocenters. The van der Waals surface area contributed by atoms with Crippen LogP contribution in [0.3, 0.4) is 0 Å². The second kappa shape index (κ2) is 5.80. The fraction of sp³-hybridized carbons (Fsp3) is 0.471. The molecule has 20 heavy (non-hydrogen) atoms. The van der Waals surface area contributed by atoms with E-state index < -0.39 is 0 Å². The van der Waals surface area contributed by atoms with Gasteiger partial charge >= 0.3 is 0 Å². The maximum atomic E-state index is 12.4. The summed E-state index contributed by atoms with van der Waals surface area (Å²) in [4.78, 5) is 12.4. The smallest absolute Gasteiger partial charge is 0.228 e. The molecule has 0 heterocycles. The zero-order valence-corrected chi connectivity index (χ0v) is 11.9. The SMILES string of the molecule is CCNCc1cccc(NC(=O)C2CC3C=CC2C3)c1. The van der Waals surface area contributed by atoms with Crippen LogP contribution in [0.1, 0.15) is 25.3 Å². The largest absolute Gasteiger partial charge is 0.326 e. The van der Waals surface area contributed by atoms with Gasteiger partial charge in [-0.15, -0.1) is 0 Å². The number of fused-ring (bicyclic) bond motifs is 2. The predicted octanol–water partition coefficient (Wildman–Crippen LogP) is 2.95. The molecule has 1 aromatic rings. The van der Waals surface area contributed by atoms with E-state index >= 15 is 0 Å². The number of carbonyl (C=O) groups excluding carboxylic acids is 1. The molecule has 0 aromatic heterocycles. The molecule has 0 radical (unpaired) electrons. The molecule has 1 saturated carbocycles. The highest BCUT2D eigenvalue weighted by atomic mass is 16.1. The van der Waals surface area contributed by atoms with Crippen molar-refractivity contribution < 1.29 is 4.79 Å². The molecule has 1 aromatic carbocycles. The lowest BCUT2D eigenvalue weighted by atomic mass is 9.93. The molecule has 3 rings (SSSR count). The number of amides is 1. The summed E-state index contributed by atoms with van der Waals surface area (Å²) in [6.45, 7) is 3.89. The van der Waals surface area contributed by atoms with Crippen molar-refractivity contribution in [1.82, 2.24) is 5.32 Å². The number of benzene rings is 1. The predicted molar refractivity (Wildman–Crippen MR) is 81.3 cm³/mol. The summed E-state index contributed by atoms with van der Waals surface area (Å²) >= 11 is 0. The van der Waals surface area contributed by atoms with Gasteiger partial charge < -0.3 is 10.6 Å². The van der Waals surface area contributed by atoms with Crippen molar-refractivity contribution in [1.29, 1.82) is 0 Å². The van der Waals surface area contributed by atoms with Gasteiger partial charge in [-0.25, -0.2) is 0 Å².